The molecule has 2 aromatic rings. The molecule has 184 valence electrons. The fourth-order valence-corrected chi connectivity index (χ4v) is 4.93. The average molecular weight is 481 g/mol. The lowest BCUT2D eigenvalue weighted by atomic mass is 9.95. The van der Waals surface area contributed by atoms with Crippen LogP contribution in [0, 0.1) is 0 Å². The predicted octanol–water partition coefficient (Wildman–Crippen LogP) is 2.95. The number of hydrogen-bond donors (Lipinski definition) is 1. The molecule has 2 aromatic carbocycles. The van der Waals surface area contributed by atoms with Crippen molar-refractivity contribution in [2.24, 2.45) is 0 Å². The minimum Gasteiger partial charge on any atom is -0.507 e. The van der Waals surface area contributed by atoms with E-state index in [4.69, 9.17) is 18.9 Å². The molecule has 35 heavy (non-hydrogen) atoms. The van der Waals surface area contributed by atoms with Crippen molar-refractivity contribution in [2.75, 3.05) is 47.2 Å². The van der Waals surface area contributed by atoms with E-state index in [1.54, 1.807) is 41.3 Å². The van der Waals surface area contributed by atoms with E-state index in [1.807, 2.05) is 0 Å². The van der Waals surface area contributed by atoms with Gasteiger partial charge in [0.15, 0.2) is 23.0 Å². The number of Topliss-reactive ketones (excluding diaryl/α,β-unsaturated/α-hetero) is 1. The number of fused-ring (bicyclic) bond motifs is 1. The molecule has 0 radical (unpaired) electrons. The van der Waals surface area contributed by atoms with Gasteiger partial charge in [-0.15, -0.1) is 0 Å². The number of likely N-dealkylation sites (tertiary alicyclic amines) is 2. The van der Waals surface area contributed by atoms with Crippen molar-refractivity contribution >= 4 is 17.4 Å². The standard InChI is InChI=1S/C26H28N2O7/c1-32-18-7-6-17(14-20(18)33-2)24(29)22-23(16-5-8-19-21(13-16)35-15-34-19)28(26(31)25(22)30)12-11-27-9-3-4-10-27/h5-8,13-14,23,29H,3-4,9-12,15H2,1-2H3/b24-22+. The first-order valence-corrected chi connectivity index (χ1v) is 11.6. The van der Waals surface area contributed by atoms with E-state index in [9.17, 15) is 14.7 Å². The van der Waals surface area contributed by atoms with Gasteiger partial charge in [-0.25, -0.2) is 0 Å². The Morgan fingerprint density at radius 1 is 0.971 bits per heavy atom. The predicted molar refractivity (Wildman–Crippen MR) is 127 cm³/mol. The lowest BCUT2D eigenvalue weighted by molar-refractivity contribution is -0.140. The van der Waals surface area contributed by atoms with Gasteiger partial charge in [0.05, 0.1) is 25.8 Å². The summed E-state index contributed by atoms with van der Waals surface area (Å²) in [5, 5.41) is 11.3. The van der Waals surface area contributed by atoms with E-state index < -0.39 is 17.7 Å². The Labute approximate surface area is 203 Å². The summed E-state index contributed by atoms with van der Waals surface area (Å²) in [7, 11) is 3.01. The van der Waals surface area contributed by atoms with Crippen LogP contribution in [0.25, 0.3) is 5.76 Å². The van der Waals surface area contributed by atoms with Crippen LogP contribution in [0.5, 0.6) is 23.0 Å². The monoisotopic (exact) mass is 480 g/mol. The van der Waals surface area contributed by atoms with Crippen molar-refractivity contribution in [3.8, 4) is 23.0 Å². The Kier molecular flexibility index (Phi) is 6.25. The van der Waals surface area contributed by atoms with Crippen LogP contribution >= 0.6 is 0 Å². The Morgan fingerprint density at radius 3 is 2.46 bits per heavy atom. The first-order valence-electron chi connectivity index (χ1n) is 11.6. The number of ether oxygens (including phenoxy) is 4. The summed E-state index contributed by atoms with van der Waals surface area (Å²) < 4.78 is 21.6. The van der Waals surface area contributed by atoms with Gasteiger partial charge in [0.2, 0.25) is 6.79 Å². The first kappa shape index (κ1) is 23.0. The summed E-state index contributed by atoms with van der Waals surface area (Å²) in [6.07, 6.45) is 2.26. The molecule has 5 rings (SSSR count). The number of carbonyl (C=O) groups excluding carboxylic acids is 2. The molecule has 2 fully saturated rings. The Hall–Kier alpha value is -3.72. The number of nitrogens with zero attached hydrogens (tertiary/aromatic N) is 2. The Morgan fingerprint density at radius 2 is 1.71 bits per heavy atom. The van der Waals surface area contributed by atoms with Gasteiger partial charge in [0.1, 0.15) is 5.76 Å². The molecule has 9 heteroatoms. The number of aliphatic hydroxyl groups is 1. The van der Waals surface area contributed by atoms with E-state index in [-0.39, 0.29) is 18.1 Å². The molecule has 1 N–H and O–H groups in total. The number of aliphatic hydroxyl groups excluding tert-OH is 1. The number of benzene rings is 2. The molecule has 0 aromatic heterocycles. The highest BCUT2D eigenvalue weighted by atomic mass is 16.7. The maximum atomic E-state index is 13.3. The molecule has 3 aliphatic rings. The zero-order valence-corrected chi connectivity index (χ0v) is 19.8. The number of methoxy groups -OCH3 is 2. The zero-order chi connectivity index (χ0) is 24.5. The molecule has 0 bridgehead atoms. The normalized spacial score (nSPS) is 21.1. The van der Waals surface area contributed by atoms with Gasteiger partial charge in [-0.05, 0) is 61.8 Å². The molecule has 9 nitrogen and oxygen atoms in total. The van der Waals surface area contributed by atoms with E-state index in [1.165, 1.54) is 14.2 Å². The van der Waals surface area contributed by atoms with Crippen LogP contribution in [0.1, 0.15) is 30.0 Å². The first-order chi connectivity index (χ1) is 17.0. The topological polar surface area (TPSA) is 97.8 Å². The molecule has 1 unspecified atom stereocenters. The summed E-state index contributed by atoms with van der Waals surface area (Å²) in [5.74, 6) is 0.411. The lowest BCUT2D eigenvalue weighted by Gasteiger charge is -2.27. The third kappa shape index (κ3) is 4.16. The Balaban J connectivity index is 1.58. The number of hydrogen-bond acceptors (Lipinski definition) is 8. The SMILES string of the molecule is COc1ccc(/C(O)=C2\C(=O)C(=O)N(CCN3CCCC3)C2c2ccc3c(c2)OCO3)cc1OC. The average Bonchev–Trinajstić information content (AvgIpc) is 3.62. The van der Waals surface area contributed by atoms with Crippen LogP contribution < -0.4 is 18.9 Å². The molecule has 2 saturated heterocycles. The summed E-state index contributed by atoms with van der Waals surface area (Å²) >= 11 is 0. The van der Waals surface area contributed by atoms with Crippen molar-refractivity contribution < 1.29 is 33.6 Å². The highest BCUT2D eigenvalue weighted by Gasteiger charge is 2.46. The van der Waals surface area contributed by atoms with Gasteiger partial charge >= 0.3 is 0 Å². The number of amides is 1. The van der Waals surface area contributed by atoms with Crippen LogP contribution in [0.2, 0.25) is 0 Å². The minimum absolute atomic E-state index is 0.0301. The van der Waals surface area contributed by atoms with Gasteiger partial charge in [0, 0.05) is 18.7 Å². The van der Waals surface area contributed by atoms with Gasteiger partial charge < -0.3 is 33.9 Å². The van der Waals surface area contributed by atoms with E-state index in [0.29, 0.717) is 47.2 Å². The van der Waals surface area contributed by atoms with E-state index in [2.05, 4.69) is 4.90 Å². The van der Waals surface area contributed by atoms with Crippen molar-refractivity contribution in [3.05, 3.63) is 53.1 Å². The Bertz CT molecular complexity index is 1190. The van der Waals surface area contributed by atoms with E-state index in [0.717, 1.165) is 25.9 Å². The van der Waals surface area contributed by atoms with Gasteiger partial charge in [-0.3, -0.25) is 9.59 Å². The van der Waals surface area contributed by atoms with Crippen LogP contribution in [-0.2, 0) is 9.59 Å². The summed E-state index contributed by atoms with van der Waals surface area (Å²) in [6, 6.07) is 9.42. The van der Waals surface area contributed by atoms with Crippen LogP contribution in [0.15, 0.2) is 42.0 Å². The number of rotatable bonds is 7. The summed E-state index contributed by atoms with van der Waals surface area (Å²) in [5.41, 5.74) is 1.05. The van der Waals surface area contributed by atoms with Crippen LogP contribution in [0.3, 0.4) is 0 Å². The quantitative estimate of drug-likeness (QED) is 0.367. The van der Waals surface area contributed by atoms with Gasteiger partial charge in [-0.1, -0.05) is 6.07 Å². The molecule has 1 atom stereocenters. The highest BCUT2D eigenvalue weighted by Crippen LogP contribution is 2.43. The highest BCUT2D eigenvalue weighted by molar-refractivity contribution is 6.46. The molecule has 1 amide bonds. The van der Waals surface area contributed by atoms with Crippen molar-refractivity contribution in [2.45, 2.75) is 18.9 Å². The van der Waals surface area contributed by atoms with Crippen LogP contribution in [-0.4, -0.2) is 73.8 Å². The second-order valence-electron chi connectivity index (χ2n) is 8.72. The lowest BCUT2D eigenvalue weighted by Crippen LogP contribution is -2.37. The fraction of sp³-hybridized carbons (Fsp3) is 0.385. The largest absolute Gasteiger partial charge is 0.507 e. The molecule has 0 aliphatic carbocycles. The molecule has 3 heterocycles. The molecular weight excluding hydrogens is 452 g/mol. The molecule has 3 aliphatic heterocycles. The second-order valence-corrected chi connectivity index (χ2v) is 8.72. The second kappa shape index (κ2) is 9.50. The third-order valence-corrected chi connectivity index (χ3v) is 6.77. The molecule has 0 spiro atoms. The van der Waals surface area contributed by atoms with Crippen molar-refractivity contribution in [1.82, 2.24) is 9.80 Å². The molecule has 0 saturated carbocycles. The smallest absolute Gasteiger partial charge is 0.295 e. The zero-order valence-electron chi connectivity index (χ0n) is 19.8. The number of carbonyl (C=O) groups is 2. The summed E-state index contributed by atoms with van der Waals surface area (Å²) in [4.78, 5) is 30.3. The van der Waals surface area contributed by atoms with E-state index >= 15 is 0 Å². The maximum Gasteiger partial charge on any atom is 0.295 e. The maximum absolute atomic E-state index is 13.3. The van der Waals surface area contributed by atoms with Gasteiger partial charge in [0.25, 0.3) is 11.7 Å². The van der Waals surface area contributed by atoms with Crippen molar-refractivity contribution in [1.29, 1.82) is 0 Å². The molecular formula is C26H28N2O7. The summed E-state index contributed by atoms with van der Waals surface area (Å²) in [6.45, 7) is 3.09. The minimum atomic E-state index is -0.764. The third-order valence-electron chi connectivity index (χ3n) is 6.77. The van der Waals surface area contributed by atoms with Crippen LogP contribution in [0.4, 0.5) is 0 Å². The fourth-order valence-electron chi connectivity index (χ4n) is 4.93. The number of ketones is 1. The van der Waals surface area contributed by atoms with Gasteiger partial charge in [-0.2, -0.15) is 0 Å². The van der Waals surface area contributed by atoms with Crippen molar-refractivity contribution in [3.63, 3.8) is 0 Å².